The maximum Gasteiger partial charge on any atom is 0.121 e. The van der Waals surface area contributed by atoms with Crippen molar-refractivity contribution in [1.29, 1.82) is 0 Å². The normalized spacial score (nSPS) is 18.5. The predicted octanol–water partition coefficient (Wildman–Crippen LogP) is 1.57. The third kappa shape index (κ3) is 2.49. The second-order valence-corrected chi connectivity index (χ2v) is 4.11. The van der Waals surface area contributed by atoms with Crippen molar-refractivity contribution < 1.29 is 10.2 Å². The molecular formula is C12H17NO2. The van der Waals surface area contributed by atoms with Crippen LogP contribution < -0.4 is 5.32 Å². The maximum absolute atomic E-state index is 9.85. The molecule has 0 radical (unpaired) electrons. The summed E-state index contributed by atoms with van der Waals surface area (Å²) in [4.78, 5) is 0. The minimum absolute atomic E-state index is 0.167. The van der Waals surface area contributed by atoms with Crippen molar-refractivity contribution >= 4 is 0 Å². The second kappa shape index (κ2) is 4.64. The third-order valence-electron chi connectivity index (χ3n) is 3.00. The highest BCUT2D eigenvalue weighted by Gasteiger charge is 2.19. The Bertz CT molecular complexity index is 323. The van der Waals surface area contributed by atoms with Gasteiger partial charge in [0.15, 0.2) is 0 Å². The second-order valence-electron chi connectivity index (χ2n) is 4.11. The van der Waals surface area contributed by atoms with E-state index in [2.05, 4.69) is 5.32 Å². The molecule has 0 spiro atoms. The number of phenolic OH excluding ortho intramolecular Hbond substituents is 1. The smallest absolute Gasteiger partial charge is 0.121 e. The van der Waals surface area contributed by atoms with E-state index in [4.69, 9.17) is 0 Å². The first-order valence-corrected chi connectivity index (χ1v) is 5.46. The van der Waals surface area contributed by atoms with Crippen LogP contribution in [0.4, 0.5) is 0 Å². The lowest BCUT2D eigenvalue weighted by Gasteiger charge is -2.27. The van der Waals surface area contributed by atoms with Gasteiger partial charge in [-0.05, 0) is 18.9 Å². The van der Waals surface area contributed by atoms with E-state index in [0.29, 0.717) is 18.2 Å². The quantitative estimate of drug-likeness (QED) is 0.702. The van der Waals surface area contributed by atoms with Crippen LogP contribution in [0.3, 0.4) is 0 Å². The molecule has 1 aliphatic carbocycles. The Hall–Kier alpha value is -1.06. The Labute approximate surface area is 89.8 Å². The molecule has 0 amide bonds. The average molecular weight is 207 g/mol. The molecule has 3 nitrogen and oxygen atoms in total. The van der Waals surface area contributed by atoms with Gasteiger partial charge in [0.1, 0.15) is 5.75 Å². The van der Waals surface area contributed by atoms with Gasteiger partial charge in [0.25, 0.3) is 0 Å². The van der Waals surface area contributed by atoms with Crippen molar-refractivity contribution in [3.8, 4) is 5.75 Å². The Morgan fingerprint density at radius 2 is 2.07 bits per heavy atom. The van der Waals surface area contributed by atoms with Gasteiger partial charge in [0, 0.05) is 18.2 Å². The maximum atomic E-state index is 9.85. The van der Waals surface area contributed by atoms with E-state index >= 15 is 0 Å². The molecule has 0 heterocycles. The van der Waals surface area contributed by atoms with Gasteiger partial charge < -0.3 is 15.5 Å². The van der Waals surface area contributed by atoms with Crippen molar-refractivity contribution in [2.24, 2.45) is 0 Å². The number of hydrogen-bond acceptors (Lipinski definition) is 3. The molecule has 15 heavy (non-hydrogen) atoms. The number of aromatic hydroxyl groups is 1. The topological polar surface area (TPSA) is 52.5 Å². The van der Waals surface area contributed by atoms with E-state index in [1.165, 1.54) is 19.3 Å². The van der Waals surface area contributed by atoms with Gasteiger partial charge in [-0.3, -0.25) is 0 Å². The Morgan fingerprint density at radius 1 is 1.33 bits per heavy atom. The number of nitrogens with one attached hydrogen (secondary N) is 1. The number of aliphatic hydroxyl groups excluding tert-OH is 1. The van der Waals surface area contributed by atoms with Crippen molar-refractivity contribution in [2.45, 2.75) is 31.4 Å². The molecule has 82 valence electrons. The number of aliphatic hydroxyl groups is 1. The highest BCUT2D eigenvalue weighted by Crippen LogP contribution is 2.24. The van der Waals surface area contributed by atoms with Crippen LogP contribution in [0.1, 0.15) is 30.9 Å². The standard InChI is InChI=1S/C12H17NO2/c14-11-7-2-1-6-10(11)12(15)8-13-9-4-3-5-9/h1-2,6-7,9,12-15H,3-5,8H2. The molecule has 2 rings (SSSR count). The summed E-state index contributed by atoms with van der Waals surface area (Å²) in [5, 5.41) is 22.7. The summed E-state index contributed by atoms with van der Waals surface area (Å²) in [6.07, 6.45) is 3.07. The van der Waals surface area contributed by atoms with Crippen LogP contribution in [0.15, 0.2) is 24.3 Å². The third-order valence-corrected chi connectivity index (χ3v) is 3.00. The fraction of sp³-hybridized carbons (Fsp3) is 0.500. The van der Waals surface area contributed by atoms with Crippen molar-refractivity contribution in [1.82, 2.24) is 5.32 Å². The summed E-state index contributed by atoms with van der Waals surface area (Å²) >= 11 is 0. The minimum atomic E-state index is -0.619. The van der Waals surface area contributed by atoms with E-state index in [1.807, 2.05) is 6.07 Å². The molecule has 1 aromatic carbocycles. The first-order valence-electron chi connectivity index (χ1n) is 5.46. The SMILES string of the molecule is Oc1ccccc1C(O)CNC1CCC1. The van der Waals surface area contributed by atoms with Crippen molar-refractivity contribution in [3.63, 3.8) is 0 Å². The molecular weight excluding hydrogens is 190 g/mol. The summed E-state index contributed by atoms with van der Waals surface area (Å²) in [5.41, 5.74) is 0.601. The van der Waals surface area contributed by atoms with Crippen LogP contribution >= 0.6 is 0 Å². The van der Waals surface area contributed by atoms with Gasteiger partial charge in [0.05, 0.1) is 6.10 Å². The summed E-state index contributed by atoms with van der Waals surface area (Å²) in [7, 11) is 0. The number of rotatable bonds is 4. The summed E-state index contributed by atoms with van der Waals surface area (Å²) in [6.45, 7) is 0.516. The van der Waals surface area contributed by atoms with Gasteiger partial charge in [-0.2, -0.15) is 0 Å². The average Bonchev–Trinajstić information content (AvgIpc) is 2.16. The lowest BCUT2D eigenvalue weighted by Crippen LogP contribution is -2.37. The van der Waals surface area contributed by atoms with E-state index in [-0.39, 0.29) is 5.75 Å². The molecule has 1 aliphatic rings. The molecule has 0 aromatic heterocycles. The van der Waals surface area contributed by atoms with Gasteiger partial charge in [0.2, 0.25) is 0 Å². The van der Waals surface area contributed by atoms with Gasteiger partial charge in [-0.25, -0.2) is 0 Å². The monoisotopic (exact) mass is 207 g/mol. The molecule has 3 heteroatoms. The van der Waals surface area contributed by atoms with Gasteiger partial charge in [-0.15, -0.1) is 0 Å². The zero-order chi connectivity index (χ0) is 10.7. The van der Waals surface area contributed by atoms with Gasteiger partial charge in [-0.1, -0.05) is 24.6 Å². The van der Waals surface area contributed by atoms with Crippen LogP contribution in [0, 0.1) is 0 Å². The molecule has 0 saturated heterocycles. The van der Waals surface area contributed by atoms with E-state index < -0.39 is 6.10 Å². The Kier molecular flexibility index (Phi) is 3.23. The number of para-hydroxylation sites is 1. The molecule has 1 fully saturated rings. The van der Waals surface area contributed by atoms with Crippen LogP contribution in [0.25, 0.3) is 0 Å². The zero-order valence-corrected chi connectivity index (χ0v) is 8.69. The molecule has 1 saturated carbocycles. The highest BCUT2D eigenvalue weighted by molar-refractivity contribution is 5.33. The van der Waals surface area contributed by atoms with Crippen LogP contribution in [-0.4, -0.2) is 22.8 Å². The molecule has 1 atom stereocenters. The lowest BCUT2D eigenvalue weighted by molar-refractivity contribution is 0.158. The van der Waals surface area contributed by atoms with Crippen LogP contribution in [0.5, 0.6) is 5.75 Å². The Morgan fingerprint density at radius 3 is 2.67 bits per heavy atom. The number of hydrogen-bond donors (Lipinski definition) is 3. The molecule has 0 bridgehead atoms. The first-order chi connectivity index (χ1) is 7.27. The molecule has 3 N–H and O–H groups in total. The zero-order valence-electron chi connectivity index (χ0n) is 8.69. The fourth-order valence-electron chi connectivity index (χ4n) is 1.77. The van der Waals surface area contributed by atoms with Gasteiger partial charge >= 0.3 is 0 Å². The first kappa shape index (κ1) is 10.5. The number of phenols is 1. The highest BCUT2D eigenvalue weighted by atomic mass is 16.3. The molecule has 1 unspecified atom stereocenters. The molecule has 1 aromatic rings. The van der Waals surface area contributed by atoms with E-state index in [9.17, 15) is 10.2 Å². The Balaban J connectivity index is 1.89. The molecule has 0 aliphatic heterocycles. The lowest BCUT2D eigenvalue weighted by atomic mass is 9.93. The summed E-state index contributed by atoms with van der Waals surface area (Å²) in [5.74, 6) is 0.167. The van der Waals surface area contributed by atoms with Crippen LogP contribution in [-0.2, 0) is 0 Å². The summed E-state index contributed by atoms with van der Waals surface area (Å²) < 4.78 is 0. The largest absolute Gasteiger partial charge is 0.508 e. The summed E-state index contributed by atoms with van der Waals surface area (Å²) in [6, 6.07) is 7.49. The minimum Gasteiger partial charge on any atom is -0.508 e. The number of benzene rings is 1. The predicted molar refractivity (Wildman–Crippen MR) is 58.7 cm³/mol. The fourth-order valence-corrected chi connectivity index (χ4v) is 1.77. The van der Waals surface area contributed by atoms with E-state index in [0.717, 1.165) is 0 Å². The van der Waals surface area contributed by atoms with Crippen molar-refractivity contribution in [2.75, 3.05) is 6.54 Å². The van der Waals surface area contributed by atoms with E-state index in [1.54, 1.807) is 18.2 Å². The van der Waals surface area contributed by atoms with Crippen molar-refractivity contribution in [3.05, 3.63) is 29.8 Å². The van der Waals surface area contributed by atoms with Crippen LogP contribution in [0.2, 0.25) is 0 Å².